The predicted molar refractivity (Wildman–Crippen MR) is 110 cm³/mol. The first kappa shape index (κ1) is 19.5. The van der Waals surface area contributed by atoms with Gasteiger partial charge in [-0.1, -0.05) is 25.3 Å². The molecule has 1 N–H and O–H groups in total. The van der Waals surface area contributed by atoms with Crippen molar-refractivity contribution in [1.82, 2.24) is 20.2 Å². The minimum absolute atomic E-state index is 0.114. The summed E-state index contributed by atoms with van der Waals surface area (Å²) in [5.41, 5.74) is 0.897. The number of carbonyl (C=O) groups excluding carboxylic acids is 1. The molecule has 2 aliphatic rings. The van der Waals surface area contributed by atoms with Crippen LogP contribution in [0.3, 0.4) is 0 Å². The summed E-state index contributed by atoms with van der Waals surface area (Å²) in [6.07, 6.45) is 4.48. The summed E-state index contributed by atoms with van der Waals surface area (Å²) in [5, 5.41) is 14.2. The van der Waals surface area contributed by atoms with Crippen molar-refractivity contribution in [3.05, 3.63) is 53.6 Å². The molecular formula is C22H22FN5O3. The molecule has 0 bridgehead atoms. The van der Waals surface area contributed by atoms with Crippen LogP contribution in [0.15, 0.2) is 36.4 Å². The normalized spacial score (nSPS) is 16.8. The average Bonchev–Trinajstić information content (AvgIpc) is 3.43. The van der Waals surface area contributed by atoms with E-state index in [1.54, 1.807) is 19.1 Å². The standard InChI is InChI=1S/C22H22FN5O3/c1-14-25-26-27-28(14)18-12-16(6-7-17(18)23)24-21(29)22(9-3-2-4-10-22)15-5-8-19-20(11-15)31-13-30-19/h5-8,11-12H,2-4,9-10,13H2,1H3,(H,24,29). The van der Waals surface area contributed by atoms with Crippen LogP contribution in [0.25, 0.3) is 5.69 Å². The monoisotopic (exact) mass is 423 g/mol. The number of anilines is 1. The fourth-order valence-corrected chi connectivity index (χ4v) is 4.45. The summed E-state index contributed by atoms with van der Waals surface area (Å²) in [6, 6.07) is 10.1. The first-order valence-corrected chi connectivity index (χ1v) is 10.3. The van der Waals surface area contributed by atoms with Crippen LogP contribution in [-0.4, -0.2) is 32.9 Å². The highest BCUT2D eigenvalue weighted by molar-refractivity contribution is 5.99. The zero-order valence-electron chi connectivity index (χ0n) is 17.1. The van der Waals surface area contributed by atoms with Crippen LogP contribution < -0.4 is 14.8 Å². The van der Waals surface area contributed by atoms with Crippen LogP contribution in [0.4, 0.5) is 10.1 Å². The maximum atomic E-state index is 14.4. The van der Waals surface area contributed by atoms with Crippen LogP contribution in [0.1, 0.15) is 43.5 Å². The number of fused-ring (bicyclic) bond motifs is 1. The van der Waals surface area contributed by atoms with Gasteiger partial charge in [0.2, 0.25) is 12.7 Å². The van der Waals surface area contributed by atoms with Crippen molar-refractivity contribution in [2.75, 3.05) is 12.1 Å². The van der Waals surface area contributed by atoms with Crippen molar-refractivity contribution >= 4 is 11.6 Å². The van der Waals surface area contributed by atoms with Gasteiger partial charge in [-0.25, -0.2) is 4.39 Å². The van der Waals surface area contributed by atoms with Crippen LogP contribution in [-0.2, 0) is 10.2 Å². The third kappa shape index (κ3) is 3.39. The van der Waals surface area contributed by atoms with Gasteiger partial charge < -0.3 is 14.8 Å². The Morgan fingerprint density at radius 3 is 2.68 bits per heavy atom. The molecule has 3 aromatic rings. The first-order valence-electron chi connectivity index (χ1n) is 10.3. The number of benzene rings is 2. The van der Waals surface area contributed by atoms with Gasteiger partial charge in [-0.05, 0) is 66.1 Å². The molecule has 0 spiro atoms. The molecule has 0 unspecified atom stereocenters. The van der Waals surface area contributed by atoms with Crippen molar-refractivity contribution in [3.63, 3.8) is 0 Å². The molecule has 2 aromatic carbocycles. The van der Waals surface area contributed by atoms with E-state index < -0.39 is 11.2 Å². The highest BCUT2D eigenvalue weighted by Gasteiger charge is 2.42. The zero-order chi connectivity index (χ0) is 21.4. The number of hydrogen-bond acceptors (Lipinski definition) is 6. The quantitative estimate of drug-likeness (QED) is 0.688. The molecule has 5 rings (SSSR count). The molecule has 1 saturated carbocycles. The van der Waals surface area contributed by atoms with Crippen molar-refractivity contribution < 1.29 is 18.7 Å². The predicted octanol–water partition coefficient (Wildman–Crippen LogP) is 3.68. The maximum Gasteiger partial charge on any atom is 0.235 e. The number of aromatic nitrogens is 4. The molecule has 8 nitrogen and oxygen atoms in total. The van der Waals surface area contributed by atoms with Crippen LogP contribution in [0.2, 0.25) is 0 Å². The van der Waals surface area contributed by atoms with Crippen molar-refractivity contribution in [3.8, 4) is 17.2 Å². The SMILES string of the molecule is Cc1nnnn1-c1cc(NC(=O)C2(c3ccc4c(c3)OCO4)CCCCC2)ccc1F. The number of ether oxygens (including phenoxy) is 2. The number of halogens is 1. The molecule has 2 heterocycles. The number of hydrogen-bond donors (Lipinski definition) is 1. The lowest BCUT2D eigenvalue weighted by Crippen LogP contribution is -2.42. The van der Waals surface area contributed by atoms with E-state index in [4.69, 9.17) is 9.47 Å². The molecule has 1 fully saturated rings. The van der Waals surface area contributed by atoms with E-state index in [9.17, 15) is 9.18 Å². The van der Waals surface area contributed by atoms with E-state index in [1.165, 1.54) is 10.7 Å². The summed E-state index contributed by atoms with van der Waals surface area (Å²) in [5.74, 6) is 1.21. The van der Waals surface area contributed by atoms with Gasteiger partial charge in [0.05, 0.1) is 5.41 Å². The molecular weight excluding hydrogens is 401 g/mol. The Hall–Kier alpha value is -3.49. The molecule has 1 aliphatic heterocycles. The van der Waals surface area contributed by atoms with Gasteiger partial charge in [-0.2, -0.15) is 4.68 Å². The van der Waals surface area contributed by atoms with Crippen molar-refractivity contribution in [2.24, 2.45) is 0 Å². The number of aryl methyl sites for hydroxylation is 1. The summed E-state index contributed by atoms with van der Waals surface area (Å²) in [6.45, 7) is 1.87. The van der Waals surface area contributed by atoms with Crippen molar-refractivity contribution in [1.29, 1.82) is 0 Å². The lowest BCUT2D eigenvalue weighted by Gasteiger charge is -2.36. The van der Waals surface area contributed by atoms with E-state index in [2.05, 4.69) is 20.8 Å². The molecule has 0 radical (unpaired) electrons. The highest BCUT2D eigenvalue weighted by atomic mass is 19.1. The number of amides is 1. The Morgan fingerprint density at radius 1 is 1.10 bits per heavy atom. The molecule has 0 saturated heterocycles. The van der Waals surface area contributed by atoms with Gasteiger partial charge in [0, 0.05) is 5.69 Å². The van der Waals surface area contributed by atoms with Crippen molar-refractivity contribution in [2.45, 2.75) is 44.4 Å². The molecule has 160 valence electrons. The summed E-state index contributed by atoms with van der Waals surface area (Å²) in [4.78, 5) is 13.6. The zero-order valence-corrected chi connectivity index (χ0v) is 17.1. The number of carbonyl (C=O) groups is 1. The second kappa shape index (κ2) is 7.64. The van der Waals surface area contributed by atoms with Gasteiger partial charge in [0.1, 0.15) is 11.5 Å². The topological polar surface area (TPSA) is 91.2 Å². The summed E-state index contributed by atoms with van der Waals surface area (Å²) >= 11 is 0. The van der Waals surface area contributed by atoms with Crippen LogP contribution in [0, 0.1) is 12.7 Å². The van der Waals surface area contributed by atoms with E-state index in [0.717, 1.165) is 37.7 Å². The van der Waals surface area contributed by atoms with E-state index in [1.807, 2.05) is 18.2 Å². The molecule has 9 heteroatoms. The Labute approximate surface area is 178 Å². The third-order valence-electron chi connectivity index (χ3n) is 6.12. The van der Waals surface area contributed by atoms with E-state index >= 15 is 0 Å². The minimum atomic E-state index is -0.682. The average molecular weight is 423 g/mol. The molecule has 1 amide bonds. The first-order chi connectivity index (χ1) is 15.1. The van der Waals surface area contributed by atoms with Crippen LogP contribution in [0.5, 0.6) is 11.5 Å². The molecule has 31 heavy (non-hydrogen) atoms. The lowest BCUT2D eigenvalue weighted by atomic mass is 9.68. The Kier molecular flexibility index (Phi) is 4.80. The second-order valence-corrected chi connectivity index (χ2v) is 7.97. The van der Waals surface area contributed by atoms with Gasteiger partial charge in [-0.15, -0.1) is 5.10 Å². The number of nitrogens with zero attached hydrogens (tertiary/aromatic N) is 4. The minimum Gasteiger partial charge on any atom is -0.454 e. The molecule has 1 aliphatic carbocycles. The number of nitrogens with one attached hydrogen (secondary N) is 1. The Balaban J connectivity index is 1.48. The lowest BCUT2D eigenvalue weighted by molar-refractivity contribution is -0.122. The van der Waals surface area contributed by atoms with Gasteiger partial charge in [0.25, 0.3) is 0 Å². The highest BCUT2D eigenvalue weighted by Crippen LogP contribution is 2.44. The number of tetrazole rings is 1. The van der Waals surface area contributed by atoms with Crippen LogP contribution >= 0.6 is 0 Å². The summed E-state index contributed by atoms with van der Waals surface area (Å²) in [7, 11) is 0. The summed E-state index contributed by atoms with van der Waals surface area (Å²) < 4.78 is 26.7. The fraction of sp³-hybridized carbons (Fsp3) is 0.364. The van der Waals surface area contributed by atoms with Gasteiger partial charge >= 0.3 is 0 Å². The third-order valence-corrected chi connectivity index (χ3v) is 6.12. The van der Waals surface area contributed by atoms with E-state index in [-0.39, 0.29) is 18.4 Å². The number of rotatable bonds is 4. The largest absolute Gasteiger partial charge is 0.454 e. The molecule has 0 atom stereocenters. The van der Waals surface area contributed by atoms with Gasteiger partial charge in [-0.3, -0.25) is 4.79 Å². The maximum absolute atomic E-state index is 14.4. The fourth-order valence-electron chi connectivity index (χ4n) is 4.45. The molecule has 1 aromatic heterocycles. The smallest absolute Gasteiger partial charge is 0.235 e. The Morgan fingerprint density at radius 2 is 1.90 bits per heavy atom. The Bertz CT molecular complexity index is 1140. The van der Waals surface area contributed by atoms with Gasteiger partial charge in [0.15, 0.2) is 17.3 Å². The van der Waals surface area contributed by atoms with E-state index in [0.29, 0.717) is 23.0 Å². The second-order valence-electron chi connectivity index (χ2n) is 7.97.